The van der Waals surface area contributed by atoms with Crippen LogP contribution in [0.1, 0.15) is 17.3 Å². The van der Waals surface area contributed by atoms with Crippen molar-refractivity contribution in [2.75, 3.05) is 25.4 Å². The smallest absolute Gasteiger partial charge is 0.256 e. The highest BCUT2D eigenvalue weighted by Crippen LogP contribution is 2.24. The normalized spacial score (nSPS) is 20.4. The first kappa shape index (κ1) is 12.2. The molecule has 4 nitrogen and oxygen atoms in total. The monoisotopic (exact) mass is 254 g/mol. The van der Waals surface area contributed by atoms with Gasteiger partial charge >= 0.3 is 0 Å². The van der Waals surface area contributed by atoms with Crippen LogP contribution in [0.25, 0.3) is 0 Å². The van der Waals surface area contributed by atoms with Crippen molar-refractivity contribution in [2.24, 2.45) is 0 Å². The van der Waals surface area contributed by atoms with Gasteiger partial charge in [0, 0.05) is 13.1 Å². The summed E-state index contributed by atoms with van der Waals surface area (Å²) in [6.45, 7) is 3.69. The van der Waals surface area contributed by atoms with Crippen LogP contribution in [-0.2, 0) is 4.74 Å². The number of hydrogen-bond donors (Lipinski definition) is 1. The number of carbonyl (C=O) groups is 1. The number of carbonyl (C=O) groups excluding carboxylic acids is 1. The van der Waals surface area contributed by atoms with Crippen molar-refractivity contribution in [1.82, 2.24) is 4.90 Å². The van der Waals surface area contributed by atoms with Crippen molar-refractivity contribution < 1.29 is 9.53 Å². The lowest BCUT2D eigenvalue weighted by Gasteiger charge is -2.31. The van der Waals surface area contributed by atoms with Gasteiger partial charge in [-0.3, -0.25) is 4.79 Å². The zero-order valence-corrected chi connectivity index (χ0v) is 10.4. The van der Waals surface area contributed by atoms with E-state index in [-0.39, 0.29) is 12.0 Å². The van der Waals surface area contributed by atoms with E-state index >= 15 is 0 Å². The van der Waals surface area contributed by atoms with Gasteiger partial charge in [0.25, 0.3) is 5.91 Å². The zero-order valence-electron chi connectivity index (χ0n) is 9.65. The fourth-order valence-corrected chi connectivity index (χ4v) is 2.07. The Hall–Kier alpha value is -1.26. The van der Waals surface area contributed by atoms with E-state index in [4.69, 9.17) is 22.1 Å². The first-order valence-corrected chi connectivity index (χ1v) is 5.92. The number of amides is 1. The number of nitrogens with zero attached hydrogens (tertiary/aromatic N) is 1. The van der Waals surface area contributed by atoms with Crippen LogP contribution in [0.5, 0.6) is 0 Å². The summed E-state index contributed by atoms with van der Waals surface area (Å²) in [4.78, 5) is 14.0. The number of hydrogen-bond acceptors (Lipinski definition) is 3. The van der Waals surface area contributed by atoms with Crippen LogP contribution < -0.4 is 5.73 Å². The molecule has 1 amide bonds. The van der Waals surface area contributed by atoms with Crippen LogP contribution in [0.15, 0.2) is 18.2 Å². The van der Waals surface area contributed by atoms with Crippen LogP contribution in [0.3, 0.4) is 0 Å². The second-order valence-corrected chi connectivity index (χ2v) is 4.54. The molecule has 0 spiro atoms. The second kappa shape index (κ2) is 4.94. The lowest BCUT2D eigenvalue weighted by molar-refractivity contribution is -0.0123. The molecule has 0 bridgehead atoms. The summed E-state index contributed by atoms with van der Waals surface area (Å²) in [5.74, 6) is -0.0832. The van der Waals surface area contributed by atoms with Gasteiger partial charge in [0.15, 0.2) is 0 Å². The molecule has 1 atom stereocenters. The fraction of sp³-hybridized carbons (Fsp3) is 0.417. The molecule has 2 N–H and O–H groups in total. The summed E-state index contributed by atoms with van der Waals surface area (Å²) in [6, 6.07) is 5.11. The molecular weight excluding hydrogens is 240 g/mol. The maximum absolute atomic E-state index is 12.3. The third-order valence-electron chi connectivity index (χ3n) is 2.81. The Morgan fingerprint density at radius 3 is 3.06 bits per heavy atom. The van der Waals surface area contributed by atoms with Crippen molar-refractivity contribution in [1.29, 1.82) is 0 Å². The summed E-state index contributed by atoms with van der Waals surface area (Å²) >= 11 is 5.91. The minimum atomic E-state index is -0.0832. The van der Waals surface area contributed by atoms with Gasteiger partial charge in [-0.25, -0.2) is 0 Å². The molecule has 2 rings (SSSR count). The summed E-state index contributed by atoms with van der Waals surface area (Å²) < 4.78 is 5.40. The summed E-state index contributed by atoms with van der Waals surface area (Å²) in [5, 5.41) is 0.414. The predicted molar refractivity (Wildman–Crippen MR) is 67.2 cm³/mol. The number of halogens is 1. The molecule has 92 valence electrons. The average molecular weight is 255 g/mol. The van der Waals surface area contributed by atoms with E-state index in [1.807, 2.05) is 6.92 Å². The number of nitrogens with two attached hydrogens (primary N) is 1. The van der Waals surface area contributed by atoms with Crippen LogP contribution in [0.4, 0.5) is 5.69 Å². The van der Waals surface area contributed by atoms with Gasteiger partial charge in [-0.2, -0.15) is 0 Å². The maximum atomic E-state index is 12.3. The molecule has 1 aromatic rings. The van der Waals surface area contributed by atoms with Crippen LogP contribution in [0.2, 0.25) is 5.02 Å². The summed E-state index contributed by atoms with van der Waals surface area (Å²) in [6.07, 6.45) is 0.0631. The van der Waals surface area contributed by atoms with Gasteiger partial charge in [0.1, 0.15) is 0 Å². The van der Waals surface area contributed by atoms with Crippen molar-refractivity contribution in [3.05, 3.63) is 28.8 Å². The lowest BCUT2D eigenvalue weighted by atomic mass is 10.1. The molecule has 1 fully saturated rings. The quantitative estimate of drug-likeness (QED) is 0.778. The van der Waals surface area contributed by atoms with Crippen molar-refractivity contribution in [3.63, 3.8) is 0 Å². The van der Waals surface area contributed by atoms with E-state index in [1.165, 1.54) is 0 Å². The Labute approximate surface area is 105 Å². The molecule has 0 radical (unpaired) electrons. The number of benzene rings is 1. The molecule has 1 aromatic carbocycles. The second-order valence-electron chi connectivity index (χ2n) is 4.13. The highest BCUT2D eigenvalue weighted by Gasteiger charge is 2.24. The third-order valence-corrected chi connectivity index (χ3v) is 3.14. The molecule has 1 aliphatic rings. The van der Waals surface area contributed by atoms with Gasteiger partial charge in [-0.15, -0.1) is 0 Å². The Morgan fingerprint density at radius 2 is 2.35 bits per heavy atom. The van der Waals surface area contributed by atoms with Crippen molar-refractivity contribution in [3.8, 4) is 0 Å². The number of rotatable bonds is 1. The van der Waals surface area contributed by atoms with E-state index in [0.29, 0.717) is 36.0 Å². The van der Waals surface area contributed by atoms with E-state index < -0.39 is 0 Å². The molecule has 0 aliphatic carbocycles. The SMILES string of the molecule is CC1CN(C(=O)c2cccc(Cl)c2N)CCO1. The van der Waals surface area contributed by atoms with Crippen LogP contribution in [-0.4, -0.2) is 36.6 Å². The van der Waals surface area contributed by atoms with E-state index in [9.17, 15) is 4.79 Å². The summed E-state index contributed by atoms with van der Waals surface area (Å²) in [5.41, 5.74) is 6.62. The predicted octanol–water partition coefficient (Wildman–Crippen LogP) is 1.78. The minimum absolute atomic E-state index is 0.0631. The summed E-state index contributed by atoms with van der Waals surface area (Å²) in [7, 11) is 0. The molecule has 0 saturated carbocycles. The first-order valence-electron chi connectivity index (χ1n) is 5.54. The number of anilines is 1. The Bertz CT molecular complexity index is 437. The standard InChI is InChI=1S/C12H15ClN2O2/c1-8-7-15(5-6-17-8)12(16)9-3-2-4-10(13)11(9)14/h2-4,8H,5-7,14H2,1H3. The molecule has 1 unspecified atom stereocenters. The molecule has 5 heteroatoms. The minimum Gasteiger partial charge on any atom is -0.397 e. The van der Waals surface area contributed by atoms with Crippen LogP contribution in [0, 0.1) is 0 Å². The van der Waals surface area contributed by atoms with Gasteiger partial charge in [-0.1, -0.05) is 17.7 Å². The molecule has 17 heavy (non-hydrogen) atoms. The van der Waals surface area contributed by atoms with E-state index in [0.717, 1.165) is 0 Å². The van der Waals surface area contributed by atoms with Gasteiger partial charge in [0.2, 0.25) is 0 Å². The van der Waals surface area contributed by atoms with Crippen LogP contribution >= 0.6 is 11.6 Å². The molecule has 1 heterocycles. The largest absolute Gasteiger partial charge is 0.397 e. The maximum Gasteiger partial charge on any atom is 0.256 e. The first-order chi connectivity index (χ1) is 8.09. The highest BCUT2D eigenvalue weighted by molar-refractivity contribution is 6.33. The zero-order chi connectivity index (χ0) is 12.4. The number of para-hydroxylation sites is 1. The van der Waals surface area contributed by atoms with Gasteiger partial charge in [-0.05, 0) is 19.1 Å². The Morgan fingerprint density at radius 1 is 1.59 bits per heavy atom. The Kier molecular flexibility index (Phi) is 3.54. The van der Waals surface area contributed by atoms with Crippen molar-refractivity contribution >= 4 is 23.2 Å². The molecular formula is C12H15ClN2O2. The lowest BCUT2D eigenvalue weighted by Crippen LogP contribution is -2.44. The number of ether oxygens (including phenoxy) is 1. The van der Waals surface area contributed by atoms with E-state index in [1.54, 1.807) is 23.1 Å². The van der Waals surface area contributed by atoms with E-state index in [2.05, 4.69) is 0 Å². The fourth-order valence-electron chi connectivity index (χ4n) is 1.90. The van der Waals surface area contributed by atoms with Gasteiger partial charge in [0.05, 0.1) is 29.0 Å². The van der Waals surface area contributed by atoms with Gasteiger partial charge < -0.3 is 15.4 Å². The van der Waals surface area contributed by atoms with Crippen molar-refractivity contribution in [2.45, 2.75) is 13.0 Å². The number of nitrogen functional groups attached to an aromatic ring is 1. The average Bonchev–Trinajstić information content (AvgIpc) is 2.32. The third kappa shape index (κ3) is 2.53. The number of morpholine rings is 1. The molecule has 0 aromatic heterocycles. The Balaban J connectivity index is 2.22. The molecule has 1 saturated heterocycles. The topological polar surface area (TPSA) is 55.6 Å². The highest BCUT2D eigenvalue weighted by atomic mass is 35.5. The molecule has 1 aliphatic heterocycles.